The molecule has 0 saturated carbocycles. The minimum absolute atomic E-state index is 0.00983. The Morgan fingerprint density at radius 2 is 1.91 bits per heavy atom. The molecule has 1 amide bonds. The summed E-state index contributed by atoms with van der Waals surface area (Å²) < 4.78 is 0. The maximum Gasteiger partial charge on any atom is 0.270 e. The lowest BCUT2D eigenvalue weighted by molar-refractivity contribution is -0.384. The molecule has 0 bridgehead atoms. The van der Waals surface area contributed by atoms with E-state index < -0.39 is 4.92 Å². The minimum atomic E-state index is -0.455. The highest BCUT2D eigenvalue weighted by molar-refractivity contribution is 5.92. The number of nitro benzene ring substituents is 1. The van der Waals surface area contributed by atoms with Gasteiger partial charge in [-0.05, 0) is 37.3 Å². The number of carbonyl (C=O) groups is 1. The highest BCUT2D eigenvalue weighted by atomic mass is 16.6. The third-order valence-corrected chi connectivity index (χ3v) is 2.94. The van der Waals surface area contributed by atoms with Gasteiger partial charge in [0.05, 0.1) is 4.92 Å². The Kier molecular flexibility index (Phi) is 5.47. The number of nitro groups is 1. The molecule has 1 aromatic rings. The fourth-order valence-corrected chi connectivity index (χ4v) is 2.66. The molecule has 0 aliphatic rings. The molecule has 5 nitrogen and oxygen atoms in total. The number of nitrogens with zero attached hydrogens (tertiary/aromatic N) is 1. The van der Waals surface area contributed by atoms with E-state index in [2.05, 4.69) is 26.1 Å². The molecule has 0 fully saturated rings. The number of rotatable bonds is 5. The standard InChI is InChI=1S/C17H24N2O3/c1-16(2,3)12-17(4,5)18-15(20)10-9-13-7-6-8-14(11-13)19(21)22/h6-11H,12H2,1-5H3,(H,18,20)/b10-9+. The predicted octanol–water partition coefficient (Wildman–Crippen LogP) is 3.94. The van der Waals surface area contributed by atoms with Gasteiger partial charge in [0, 0.05) is 23.7 Å². The number of carbonyl (C=O) groups excluding carboxylic acids is 1. The van der Waals surface area contributed by atoms with Crippen molar-refractivity contribution in [3.63, 3.8) is 0 Å². The molecular weight excluding hydrogens is 280 g/mol. The monoisotopic (exact) mass is 304 g/mol. The number of non-ortho nitro benzene ring substituents is 1. The molecule has 0 heterocycles. The van der Waals surface area contributed by atoms with Crippen LogP contribution < -0.4 is 5.32 Å². The Hall–Kier alpha value is -2.17. The van der Waals surface area contributed by atoms with E-state index in [-0.39, 0.29) is 22.5 Å². The van der Waals surface area contributed by atoms with Gasteiger partial charge in [-0.1, -0.05) is 32.9 Å². The van der Waals surface area contributed by atoms with Crippen LogP contribution >= 0.6 is 0 Å². The first-order valence-electron chi connectivity index (χ1n) is 7.23. The van der Waals surface area contributed by atoms with Crippen molar-refractivity contribution >= 4 is 17.7 Å². The summed E-state index contributed by atoms with van der Waals surface area (Å²) in [4.78, 5) is 22.3. The van der Waals surface area contributed by atoms with Crippen LogP contribution in [0.5, 0.6) is 0 Å². The van der Waals surface area contributed by atoms with Gasteiger partial charge in [-0.25, -0.2) is 0 Å². The van der Waals surface area contributed by atoms with E-state index in [0.717, 1.165) is 6.42 Å². The van der Waals surface area contributed by atoms with E-state index in [1.54, 1.807) is 18.2 Å². The van der Waals surface area contributed by atoms with Gasteiger partial charge in [-0.2, -0.15) is 0 Å². The predicted molar refractivity (Wildman–Crippen MR) is 88.4 cm³/mol. The third kappa shape index (κ3) is 6.52. The molecule has 0 radical (unpaired) electrons. The van der Waals surface area contributed by atoms with Crippen LogP contribution in [-0.4, -0.2) is 16.4 Å². The molecule has 120 valence electrons. The number of hydrogen-bond donors (Lipinski definition) is 1. The second kappa shape index (κ2) is 6.73. The van der Waals surface area contributed by atoms with Gasteiger partial charge >= 0.3 is 0 Å². The molecule has 22 heavy (non-hydrogen) atoms. The average Bonchev–Trinajstić information content (AvgIpc) is 2.33. The minimum Gasteiger partial charge on any atom is -0.348 e. The quantitative estimate of drug-likeness (QED) is 0.509. The first kappa shape index (κ1) is 17.9. The summed E-state index contributed by atoms with van der Waals surface area (Å²) in [6, 6.07) is 6.17. The smallest absolute Gasteiger partial charge is 0.270 e. The van der Waals surface area contributed by atoms with Crippen LogP contribution in [0.25, 0.3) is 6.08 Å². The fourth-order valence-electron chi connectivity index (χ4n) is 2.66. The second-order valence-corrected chi connectivity index (χ2v) is 7.30. The van der Waals surface area contributed by atoms with E-state index in [9.17, 15) is 14.9 Å². The van der Waals surface area contributed by atoms with E-state index in [0.29, 0.717) is 5.56 Å². The zero-order chi connectivity index (χ0) is 17.0. The summed E-state index contributed by atoms with van der Waals surface area (Å²) in [7, 11) is 0. The summed E-state index contributed by atoms with van der Waals surface area (Å²) in [5.41, 5.74) is 0.427. The molecule has 1 rings (SSSR count). The summed E-state index contributed by atoms with van der Waals surface area (Å²) in [5.74, 6) is -0.208. The zero-order valence-electron chi connectivity index (χ0n) is 13.8. The molecule has 0 aliphatic carbocycles. The van der Waals surface area contributed by atoms with E-state index in [1.807, 2.05) is 13.8 Å². The lowest BCUT2D eigenvalue weighted by Crippen LogP contribution is -2.45. The van der Waals surface area contributed by atoms with Crippen molar-refractivity contribution in [3.8, 4) is 0 Å². The summed E-state index contributed by atoms with van der Waals surface area (Å²) in [6.07, 6.45) is 3.83. The topological polar surface area (TPSA) is 72.2 Å². The van der Waals surface area contributed by atoms with Gasteiger partial charge in [-0.15, -0.1) is 0 Å². The van der Waals surface area contributed by atoms with Crippen LogP contribution in [0.15, 0.2) is 30.3 Å². The van der Waals surface area contributed by atoms with Gasteiger partial charge in [0.15, 0.2) is 0 Å². The molecule has 5 heteroatoms. The Morgan fingerprint density at radius 1 is 1.27 bits per heavy atom. The van der Waals surface area contributed by atoms with Crippen LogP contribution in [0.1, 0.15) is 46.6 Å². The van der Waals surface area contributed by atoms with Crippen LogP contribution in [0.3, 0.4) is 0 Å². The number of hydrogen-bond acceptors (Lipinski definition) is 3. The maximum absolute atomic E-state index is 12.0. The lowest BCUT2D eigenvalue weighted by atomic mass is 9.82. The van der Waals surface area contributed by atoms with E-state index in [4.69, 9.17) is 0 Å². The Balaban J connectivity index is 2.72. The van der Waals surface area contributed by atoms with Gasteiger partial charge < -0.3 is 5.32 Å². The van der Waals surface area contributed by atoms with Crippen molar-refractivity contribution in [2.75, 3.05) is 0 Å². The Labute approximate surface area is 131 Å². The first-order valence-corrected chi connectivity index (χ1v) is 7.23. The van der Waals surface area contributed by atoms with Crippen LogP contribution in [0.2, 0.25) is 0 Å². The molecule has 0 saturated heterocycles. The van der Waals surface area contributed by atoms with Crippen LogP contribution in [0, 0.1) is 15.5 Å². The van der Waals surface area contributed by atoms with Crippen LogP contribution in [-0.2, 0) is 4.79 Å². The highest BCUT2D eigenvalue weighted by Gasteiger charge is 2.26. The number of nitrogens with one attached hydrogen (secondary N) is 1. The van der Waals surface area contributed by atoms with Gasteiger partial charge in [0.1, 0.15) is 0 Å². The normalized spacial score (nSPS) is 12.4. The molecule has 0 spiro atoms. The van der Waals surface area contributed by atoms with Crippen LogP contribution in [0.4, 0.5) is 5.69 Å². The molecule has 0 aromatic heterocycles. The van der Waals surface area contributed by atoms with Gasteiger partial charge in [-0.3, -0.25) is 14.9 Å². The average molecular weight is 304 g/mol. The maximum atomic E-state index is 12.0. The molecule has 0 aliphatic heterocycles. The number of amides is 1. The number of benzene rings is 1. The Bertz CT molecular complexity index is 584. The molecule has 1 N–H and O–H groups in total. The fraction of sp³-hybridized carbons (Fsp3) is 0.471. The largest absolute Gasteiger partial charge is 0.348 e. The van der Waals surface area contributed by atoms with Crippen molar-refractivity contribution in [2.45, 2.75) is 46.6 Å². The van der Waals surface area contributed by atoms with Gasteiger partial charge in [0.2, 0.25) is 5.91 Å². The summed E-state index contributed by atoms with van der Waals surface area (Å²) in [5, 5.41) is 13.7. The zero-order valence-corrected chi connectivity index (χ0v) is 13.8. The lowest BCUT2D eigenvalue weighted by Gasteiger charge is -2.32. The first-order chi connectivity index (χ1) is 9.98. The van der Waals surface area contributed by atoms with Crippen molar-refractivity contribution in [3.05, 3.63) is 46.0 Å². The molecule has 0 atom stereocenters. The van der Waals surface area contributed by atoms with Gasteiger partial charge in [0.25, 0.3) is 5.69 Å². The van der Waals surface area contributed by atoms with Crippen molar-refractivity contribution in [2.24, 2.45) is 5.41 Å². The second-order valence-electron chi connectivity index (χ2n) is 7.30. The van der Waals surface area contributed by atoms with Crippen molar-refractivity contribution in [1.82, 2.24) is 5.32 Å². The molecule has 0 unspecified atom stereocenters. The van der Waals surface area contributed by atoms with Crippen molar-refractivity contribution in [1.29, 1.82) is 0 Å². The third-order valence-electron chi connectivity index (χ3n) is 2.94. The summed E-state index contributed by atoms with van der Waals surface area (Å²) in [6.45, 7) is 10.3. The van der Waals surface area contributed by atoms with E-state index in [1.165, 1.54) is 18.2 Å². The summed E-state index contributed by atoms with van der Waals surface area (Å²) >= 11 is 0. The molecule has 1 aromatic carbocycles. The Morgan fingerprint density at radius 3 is 2.45 bits per heavy atom. The van der Waals surface area contributed by atoms with E-state index >= 15 is 0 Å². The van der Waals surface area contributed by atoms with Crippen molar-refractivity contribution < 1.29 is 9.72 Å². The molecular formula is C17H24N2O3. The SMILES string of the molecule is CC(C)(C)CC(C)(C)NC(=O)/C=C/c1cccc([N+](=O)[O-])c1. The highest BCUT2D eigenvalue weighted by Crippen LogP contribution is 2.26.